The summed E-state index contributed by atoms with van der Waals surface area (Å²) >= 11 is 0. The number of nitrogens with zero attached hydrogens (tertiary/aromatic N) is 2. The van der Waals surface area contributed by atoms with Gasteiger partial charge in [0.1, 0.15) is 30.0 Å². The van der Waals surface area contributed by atoms with E-state index in [1.54, 1.807) is 0 Å². The molecule has 226 valence electrons. The highest BCUT2D eigenvalue weighted by atomic mass is 15.3. The second-order valence-corrected chi connectivity index (χ2v) is 12.2. The van der Waals surface area contributed by atoms with Crippen molar-refractivity contribution in [3.05, 3.63) is 175 Å². The van der Waals surface area contributed by atoms with E-state index in [2.05, 4.69) is 178 Å². The van der Waals surface area contributed by atoms with E-state index >= 15 is 0 Å². The second-order valence-electron chi connectivity index (χ2n) is 12.2. The van der Waals surface area contributed by atoms with Gasteiger partial charge in [0, 0.05) is 10.8 Å². The molecule has 0 amide bonds. The molecule has 0 saturated carbocycles. The molecular weight excluding hydrogens is 574 g/mol. The summed E-state index contributed by atoms with van der Waals surface area (Å²) < 4.78 is 2.35. The van der Waals surface area contributed by atoms with Crippen LogP contribution < -0.4 is 16.0 Å². The Hall–Kier alpha value is -5.91. The maximum absolute atomic E-state index is 5.24. The van der Waals surface area contributed by atoms with E-state index < -0.39 is 0 Å². The highest BCUT2D eigenvalue weighted by Gasteiger charge is 2.29. The summed E-state index contributed by atoms with van der Waals surface area (Å²) in [5.74, 6) is 1.91. The van der Waals surface area contributed by atoms with E-state index in [-0.39, 0.29) is 18.4 Å². The number of amidine groups is 1. The average molecular weight is 608 g/mol. The summed E-state index contributed by atoms with van der Waals surface area (Å²) in [6, 6.07) is 51.4. The molecule has 2 aliphatic heterocycles. The van der Waals surface area contributed by atoms with Gasteiger partial charge in [0.25, 0.3) is 0 Å². The van der Waals surface area contributed by atoms with Crippen LogP contribution in [0.3, 0.4) is 0 Å². The number of aliphatic imine (C=N–C) groups is 1. The van der Waals surface area contributed by atoms with Crippen molar-refractivity contribution < 1.29 is 0 Å². The zero-order valence-corrected chi connectivity index (χ0v) is 25.7. The number of para-hydroxylation sites is 1. The van der Waals surface area contributed by atoms with Gasteiger partial charge < -0.3 is 10.6 Å². The Morgan fingerprint density at radius 1 is 0.553 bits per heavy atom. The Morgan fingerprint density at radius 3 is 2.09 bits per heavy atom. The molecule has 0 saturated heterocycles. The molecule has 0 fully saturated rings. The molecule has 3 N–H and O–H groups in total. The van der Waals surface area contributed by atoms with Crippen LogP contribution in [0.15, 0.2) is 169 Å². The molecule has 47 heavy (non-hydrogen) atoms. The van der Waals surface area contributed by atoms with Crippen LogP contribution >= 0.6 is 0 Å². The first-order chi connectivity index (χ1) is 23.3. The molecular formula is C42H33N5. The minimum atomic E-state index is -0.199. The number of benzene rings is 6. The normalized spacial score (nSPS) is 19.3. The smallest absolute Gasteiger partial charge is 0.129 e. The van der Waals surface area contributed by atoms with Crippen LogP contribution in [0.5, 0.6) is 0 Å². The van der Waals surface area contributed by atoms with Gasteiger partial charge in [-0.1, -0.05) is 146 Å². The molecule has 0 bridgehead atoms. The Balaban J connectivity index is 1.08. The molecule has 2 aliphatic rings. The Bertz CT molecular complexity index is 2330. The molecule has 5 heteroatoms. The van der Waals surface area contributed by atoms with Crippen LogP contribution in [0.2, 0.25) is 0 Å². The lowest BCUT2D eigenvalue weighted by atomic mass is 10.0. The third kappa shape index (κ3) is 4.89. The largest absolute Gasteiger partial charge is 0.358 e. The van der Waals surface area contributed by atoms with Gasteiger partial charge in [0.05, 0.1) is 11.0 Å². The maximum Gasteiger partial charge on any atom is 0.129 e. The predicted octanol–water partition coefficient (Wildman–Crippen LogP) is 8.93. The molecule has 6 aromatic carbocycles. The average Bonchev–Trinajstić information content (AvgIpc) is 3.50. The quantitative estimate of drug-likeness (QED) is 0.183. The van der Waals surface area contributed by atoms with Crippen molar-refractivity contribution in [2.45, 2.75) is 18.4 Å². The predicted molar refractivity (Wildman–Crippen MR) is 195 cm³/mol. The first-order valence-electron chi connectivity index (χ1n) is 16.2. The third-order valence-electron chi connectivity index (χ3n) is 9.31. The summed E-state index contributed by atoms with van der Waals surface area (Å²) in [5, 5.41) is 16.4. The van der Waals surface area contributed by atoms with Crippen molar-refractivity contribution in [2.24, 2.45) is 4.99 Å². The molecule has 7 aromatic rings. The van der Waals surface area contributed by atoms with Crippen LogP contribution in [-0.4, -0.2) is 16.4 Å². The highest BCUT2D eigenvalue weighted by Crippen LogP contribution is 2.37. The lowest BCUT2D eigenvalue weighted by Gasteiger charge is -2.35. The SMILES string of the molecule is C1=CC(C2=NC(c3ccccc3)NC(c3ccc(-c4ccccc4)cc3)N2)NC(n2c3ccccc3c3c4ccccc4ccc32)=C1. The van der Waals surface area contributed by atoms with Crippen molar-refractivity contribution in [2.75, 3.05) is 0 Å². The molecule has 9 rings (SSSR count). The van der Waals surface area contributed by atoms with Crippen molar-refractivity contribution in [1.82, 2.24) is 20.5 Å². The number of aromatic nitrogens is 1. The standard InChI is InChI=1S/C42H33N5/c1-3-12-28(13-4-1)29-22-24-32(25-23-29)41-44-40(31-15-5-2-6-16-31)45-42(46-41)35-19-11-21-38(43-35)47-36-20-10-9-18-34(36)39-33-17-8-7-14-30(33)26-27-37(39)47/h1-27,35,40-41,43-44H,(H,45,46). The van der Waals surface area contributed by atoms with E-state index in [4.69, 9.17) is 4.99 Å². The maximum atomic E-state index is 5.24. The fraction of sp³-hybridized carbons (Fsp3) is 0.0714. The number of dihydropyridines is 1. The molecule has 3 unspecified atom stereocenters. The lowest BCUT2D eigenvalue weighted by Crippen LogP contribution is -2.52. The monoisotopic (exact) mass is 607 g/mol. The molecule has 0 radical (unpaired) electrons. The van der Waals surface area contributed by atoms with E-state index in [1.165, 1.54) is 43.7 Å². The highest BCUT2D eigenvalue weighted by molar-refractivity contribution is 6.21. The van der Waals surface area contributed by atoms with Gasteiger partial charge in [0.2, 0.25) is 0 Å². The molecule has 5 nitrogen and oxygen atoms in total. The summed E-state index contributed by atoms with van der Waals surface area (Å²) in [6.07, 6.45) is 6.16. The summed E-state index contributed by atoms with van der Waals surface area (Å²) in [7, 11) is 0. The van der Waals surface area contributed by atoms with Gasteiger partial charge in [-0.3, -0.25) is 9.88 Å². The van der Waals surface area contributed by atoms with E-state index in [0.29, 0.717) is 0 Å². The first kappa shape index (κ1) is 27.4. The zero-order chi connectivity index (χ0) is 31.2. The van der Waals surface area contributed by atoms with Crippen molar-refractivity contribution >= 4 is 44.2 Å². The van der Waals surface area contributed by atoms with Crippen LogP contribution in [0, 0.1) is 0 Å². The number of fused-ring (bicyclic) bond motifs is 5. The van der Waals surface area contributed by atoms with Crippen molar-refractivity contribution in [3.8, 4) is 11.1 Å². The molecule has 0 aliphatic carbocycles. The number of hydrogen-bond acceptors (Lipinski definition) is 4. The van der Waals surface area contributed by atoms with Gasteiger partial charge >= 0.3 is 0 Å². The first-order valence-corrected chi connectivity index (χ1v) is 16.2. The van der Waals surface area contributed by atoms with E-state index in [1.807, 2.05) is 6.07 Å². The summed E-state index contributed by atoms with van der Waals surface area (Å²) in [5.41, 5.74) is 7.04. The van der Waals surface area contributed by atoms with Gasteiger partial charge in [-0.25, -0.2) is 4.99 Å². The zero-order valence-electron chi connectivity index (χ0n) is 25.7. The van der Waals surface area contributed by atoms with Crippen LogP contribution in [-0.2, 0) is 0 Å². The van der Waals surface area contributed by atoms with E-state index in [0.717, 1.165) is 22.8 Å². The number of hydrogen-bond donors (Lipinski definition) is 3. The second kappa shape index (κ2) is 11.5. The Morgan fingerprint density at radius 2 is 1.26 bits per heavy atom. The Kier molecular flexibility index (Phi) is 6.69. The third-order valence-corrected chi connectivity index (χ3v) is 9.31. The number of allylic oxidation sites excluding steroid dienone is 2. The van der Waals surface area contributed by atoms with Gasteiger partial charge in [-0.15, -0.1) is 0 Å². The number of nitrogens with one attached hydrogen (secondary N) is 3. The lowest BCUT2D eigenvalue weighted by molar-refractivity contribution is 0.402. The molecule has 3 heterocycles. The minimum absolute atomic E-state index is 0.123. The summed E-state index contributed by atoms with van der Waals surface area (Å²) in [6.45, 7) is 0. The minimum Gasteiger partial charge on any atom is -0.358 e. The van der Waals surface area contributed by atoms with Crippen molar-refractivity contribution in [1.29, 1.82) is 0 Å². The van der Waals surface area contributed by atoms with Crippen LogP contribution in [0.4, 0.5) is 0 Å². The fourth-order valence-electron chi connectivity index (χ4n) is 7.03. The molecule has 0 spiro atoms. The van der Waals surface area contributed by atoms with Gasteiger partial charge in [0.15, 0.2) is 0 Å². The van der Waals surface area contributed by atoms with Crippen molar-refractivity contribution in [3.63, 3.8) is 0 Å². The molecule has 3 atom stereocenters. The number of rotatable bonds is 5. The Labute approximate surface area is 273 Å². The van der Waals surface area contributed by atoms with Gasteiger partial charge in [-0.05, 0) is 51.2 Å². The topological polar surface area (TPSA) is 53.4 Å². The van der Waals surface area contributed by atoms with E-state index in [9.17, 15) is 0 Å². The molecule has 1 aromatic heterocycles. The van der Waals surface area contributed by atoms with Crippen LogP contribution in [0.1, 0.15) is 23.5 Å². The van der Waals surface area contributed by atoms with Crippen LogP contribution in [0.25, 0.3) is 49.5 Å². The fourth-order valence-corrected chi connectivity index (χ4v) is 7.03. The summed E-state index contributed by atoms with van der Waals surface area (Å²) in [4.78, 5) is 5.24. The van der Waals surface area contributed by atoms with Gasteiger partial charge in [-0.2, -0.15) is 0 Å².